The topological polar surface area (TPSA) is 70.2 Å². The number of hydrogen-bond acceptors (Lipinski definition) is 4. The number of rotatable bonds is 5. The summed E-state index contributed by atoms with van der Waals surface area (Å²) in [6.07, 6.45) is 3.15. The molecule has 7 heteroatoms. The van der Waals surface area contributed by atoms with E-state index < -0.39 is 6.04 Å². The van der Waals surface area contributed by atoms with Crippen LogP contribution in [0.5, 0.6) is 5.75 Å². The van der Waals surface area contributed by atoms with Crippen molar-refractivity contribution >= 4 is 17.7 Å². The van der Waals surface area contributed by atoms with Crippen LogP contribution in [0.25, 0.3) is 0 Å². The van der Waals surface area contributed by atoms with Crippen LogP contribution in [0.15, 0.2) is 24.3 Å². The van der Waals surface area contributed by atoms with Gasteiger partial charge in [-0.05, 0) is 43.9 Å². The predicted molar refractivity (Wildman–Crippen MR) is 100 cm³/mol. The summed E-state index contributed by atoms with van der Waals surface area (Å²) in [6, 6.07) is 6.80. The molecule has 0 unspecified atom stereocenters. The van der Waals surface area contributed by atoms with Crippen LogP contribution in [0.4, 0.5) is 0 Å². The number of nitrogens with zero attached hydrogens (tertiary/aromatic N) is 3. The lowest BCUT2D eigenvalue weighted by Crippen LogP contribution is -2.60. The summed E-state index contributed by atoms with van der Waals surface area (Å²) in [5.74, 6) is 0.375. The Morgan fingerprint density at radius 2 is 1.78 bits per heavy atom. The van der Waals surface area contributed by atoms with Crippen molar-refractivity contribution in [2.75, 3.05) is 33.3 Å². The van der Waals surface area contributed by atoms with E-state index in [0.717, 1.165) is 43.7 Å². The molecule has 0 radical (unpaired) electrons. The van der Waals surface area contributed by atoms with E-state index in [2.05, 4.69) is 0 Å². The van der Waals surface area contributed by atoms with Gasteiger partial charge >= 0.3 is 0 Å². The Hall–Kier alpha value is -2.57. The molecule has 1 atom stereocenters. The molecule has 0 saturated carbocycles. The fourth-order valence-electron chi connectivity index (χ4n) is 3.64. The molecule has 3 rings (SSSR count). The first-order valence-electron chi connectivity index (χ1n) is 9.48. The zero-order chi connectivity index (χ0) is 19.4. The van der Waals surface area contributed by atoms with Crippen molar-refractivity contribution in [2.45, 2.75) is 38.8 Å². The number of piperidine rings is 1. The quantitative estimate of drug-likeness (QED) is 0.779. The third kappa shape index (κ3) is 4.40. The molecule has 2 heterocycles. The molecule has 1 aromatic rings. The van der Waals surface area contributed by atoms with Crippen molar-refractivity contribution in [2.24, 2.45) is 0 Å². The highest BCUT2D eigenvalue weighted by molar-refractivity contribution is 5.96. The number of carbonyl (C=O) groups excluding carboxylic acids is 3. The third-order valence-electron chi connectivity index (χ3n) is 5.33. The van der Waals surface area contributed by atoms with E-state index in [-0.39, 0.29) is 30.8 Å². The van der Waals surface area contributed by atoms with Gasteiger partial charge in [0.15, 0.2) is 0 Å². The van der Waals surface area contributed by atoms with Crippen LogP contribution in [0, 0.1) is 0 Å². The largest absolute Gasteiger partial charge is 0.497 e. The summed E-state index contributed by atoms with van der Waals surface area (Å²) >= 11 is 0. The minimum Gasteiger partial charge on any atom is -0.497 e. The molecule has 7 nitrogen and oxygen atoms in total. The lowest BCUT2D eigenvalue weighted by Gasteiger charge is -2.39. The third-order valence-corrected chi connectivity index (χ3v) is 5.33. The summed E-state index contributed by atoms with van der Waals surface area (Å²) in [5, 5.41) is 0. The van der Waals surface area contributed by atoms with Gasteiger partial charge in [-0.2, -0.15) is 0 Å². The van der Waals surface area contributed by atoms with Crippen molar-refractivity contribution in [3.63, 3.8) is 0 Å². The maximum Gasteiger partial charge on any atom is 0.245 e. The van der Waals surface area contributed by atoms with Gasteiger partial charge in [-0.3, -0.25) is 14.4 Å². The van der Waals surface area contributed by atoms with Crippen molar-refractivity contribution in [1.82, 2.24) is 14.7 Å². The standard InChI is InChI=1S/C20H27N3O4/c1-15-20(26)22(12-16-6-8-17(27-2)9-7-16)13-19(25)23(15)14-18(24)21-10-4-3-5-11-21/h6-9,15H,3-5,10-14H2,1-2H3/t15-/m0/s1. The molecular weight excluding hydrogens is 346 g/mol. The van der Waals surface area contributed by atoms with Crippen molar-refractivity contribution in [3.05, 3.63) is 29.8 Å². The first-order chi connectivity index (χ1) is 13.0. The zero-order valence-corrected chi connectivity index (χ0v) is 16.0. The molecule has 0 N–H and O–H groups in total. The number of ether oxygens (including phenoxy) is 1. The molecule has 2 aliphatic rings. The van der Waals surface area contributed by atoms with Crippen LogP contribution in [0.1, 0.15) is 31.7 Å². The number of hydrogen-bond donors (Lipinski definition) is 0. The van der Waals surface area contributed by atoms with E-state index in [9.17, 15) is 14.4 Å². The molecule has 2 fully saturated rings. The molecule has 0 spiro atoms. The van der Waals surface area contributed by atoms with E-state index in [4.69, 9.17) is 4.74 Å². The van der Waals surface area contributed by atoms with Gasteiger partial charge in [-0.1, -0.05) is 12.1 Å². The molecule has 146 valence electrons. The SMILES string of the molecule is COc1ccc(CN2CC(=O)N(CC(=O)N3CCCCC3)[C@@H](C)C2=O)cc1. The lowest BCUT2D eigenvalue weighted by atomic mass is 10.1. The number of piperazine rings is 1. The minimum atomic E-state index is -0.627. The molecule has 27 heavy (non-hydrogen) atoms. The smallest absolute Gasteiger partial charge is 0.245 e. The highest BCUT2D eigenvalue weighted by Gasteiger charge is 2.38. The number of benzene rings is 1. The first-order valence-corrected chi connectivity index (χ1v) is 9.48. The Labute approximate surface area is 159 Å². The van der Waals surface area contributed by atoms with E-state index in [1.165, 1.54) is 4.90 Å². The van der Waals surface area contributed by atoms with Gasteiger partial charge < -0.3 is 19.4 Å². The van der Waals surface area contributed by atoms with Crippen LogP contribution < -0.4 is 4.74 Å². The average Bonchev–Trinajstić information content (AvgIpc) is 2.70. The molecule has 2 saturated heterocycles. The highest BCUT2D eigenvalue weighted by Crippen LogP contribution is 2.18. The summed E-state index contributed by atoms with van der Waals surface area (Å²) in [6.45, 7) is 3.54. The predicted octanol–water partition coefficient (Wildman–Crippen LogP) is 1.27. The summed E-state index contributed by atoms with van der Waals surface area (Å²) in [5.41, 5.74) is 0.932. The Morgan fingerprint density at radius 3 is 2.41 bits per heavy atom. The summed E-state index contributed by atoms with van der Waals surface area (Å²) in [4.78, 5) is 42.6. The molecule has 0 aliphatic carbocycles. The fraction of sp³-hybridized carbons (Fsp3) is 0.550. The number of methoxy groups -OCH3 is 1. The summed E-state index contributed by atoms with van der Waals surface area (Å²) in [7, 11) is 1.60. The average molecular weight is 373 g/mol. The minimum absolute atomic E-state index is 0.00246. The van der Waals surface area contributed by atoms with Crippen LogP contribution in [-0.4, -0.2) is 71.8 Å². The highest BCUT2D eigenvalue weighted by atomic mass is 16.5. The Balaban J connectivity index is 1.62. The van der Waals surface area contributed by atoms with Gasteiger partial charge in [0, 0.05) is 19.6 Å². The van der Waals surface area contributed by atoms with Crippen LogP contribution in [0.3, 0.4) is 0 Å². The Morgan fingerprint density at radius 1 is 1.11 bits per heavy atom. The zero-order valence-electron chi connectivity index (χ0n) is 16.0. The second kappa shape index (κ2) is 8.41. The van der Waals surface area contributed by atoms with Crippen molar-refractivity contribution in [3.8, 4) is 5.75 Å². The molecule has 3 amide bonds. The van der Waals surface area contributed by atoms with Crippen molar-refractivity contribution < 1.29 is 19.1 Å². The number of amides is 3. The first kappa shape index (κ1) is 19.2. The lowest BCUT2D eigenvalue weighted by molar-refractivity contribution is -0.158. The Kier molecular flexibility index (Phi) is 5.98. The maximum absolute atomic E-state index is 12.7. The Bertz CT molecular complexity index is 698. The molecule has 2 aliphatic heterocycles. The second-order valence-corrected chi connectivity index (χ2v) is 7.18. The monoisotopic (exact) mass is 373 g/mol. The molecular formula is C20H27N3O4. The van der Waals surface area contributed by atoms with Gasteiger partial charge in [-0.15, -0.1) is 0 Å². The van der Waals surface area contributed by atoms with Gasteiger partial charge in [0.05, 0.1) is 7.11 Å². The van der Waals surface area contributed by atoms with E-state index in [1.807, 2.05) is 24.3 Å². The van der Waals surface area contributed by atoms with Crippen LogP contribution >= 0.6 is 0 Å². The summed E-state index contributed by atoms with van der Waals surface area (Å²) < 4.78 is 5.14. The molecule has 1 aromatic carbocycles. The molecule has 0 bridgehead atoms. The van der Waals surface area contributed by atoms with Gasteiger partial charge in [0.1, 0.15) is 24.9 Å². The number of carbonyl (C=O) groups is 3. The van der Waals surface area contributed by atoms with E-state index >= 15 is 0 Å². The van der Waals surface area contributed by atoms with Gasteiger partial charge in [-0.25, -0.2) is 0 Å². The van der Waals surface area contributed by atoms with E-state index in [1.54, 1.807) is 23.8 Å². The van der Waals surface area contributed by atoms with Gasteiger partial charge in [0.2, 0.25) is 17.7 Å². The van der Waals surface area contributed by atoms with Gasteiger partial charge in [0.25, 0.3) is 0 Å². The van der Waals surface area contributed by atoms with Crippen molar-refractivity contribution in [1.29, 1.82) is 0 Å². The van der Waals surface area contributed by atoms with Crippen LogP contribution in [-0.2, 0) is 20.9 Å². The normalized spacial score (nSPS) is 20.8. The molecule has 0 aromatic heterocycles. The van der Waals surface area contributed by atoms with E-state index in [0.29, 0.717) is 6.54 Å². The fourth-order valence-corrected chi connectivity index (χ4v) is 3.64. The maximum atomic E-state index is 12.7. The number of likely N-dealkylation sites (tertiary alicyclic amines) is 1. The van der Waals surface area contributed by atoms with Crippen LogP contribution in [0.2, 0.25) is 0 Å². The second-order valence-electron chi connectivity index (χ2n) is 7.18.